The van der Waals surface area contributed by atoms with Crippen molar-refractivity contribution in [2.45, 2.75) is 25.5 Å². The Morgan fingerprint density at radius 1 is 1.12 bits per heavy atom. The summed E-state index contributed by atoms with van der Waals surface area (Å²) in [4.78, 5) is 41.8. The van der Waals surface area contributed by atoms with E-state index < -0.39 is 22.0 Å². The number of hydrazone groups is 1. The van der Waals surface area contributed by atoms with Gasteiger partial charge in [-0.25, -0.2) is 4.99 Å². The zero-order valence-electron chi connectivity index (χ0n) is 21.6. The third kappa shape index (κ3) is 6.79. The highest BCUT2D eigenvalue weighted by Crippen LogP contribution is 2.35. The van der Waals surface area contributed by atoms with Crippen LogP contribution in [0.15, 0.2) is 70.8 Å². The molecular weight excluding hydrogens is 577 g/mol. The number of carbonyl (C=O) groups is 2. The summed E-state index contributed by atoms with van der Waals surface area (Å²) in [6.45, 7) is 3.73. The van der Waals surface area contributed by atoms with Gasteiger partial charge in [0.05, 0.1) is 39.5 Å². The highest BCUT2D eigenvalue weighted by Gasteiger charge is 2.40. The molecule has 1 heterocycles. The highest BCUT2D eigenvalue weighted by atomic mass is 35.5. The van der Waals surface area contributed by atoms with E-state index >= 15 is 0 Å². The first kappa shape index (κ1) is 29.1. The number of anilines is 1. The van der Waals surface area contributed by atoms with Gasteiger partial charge < -0.3 is 10.1 Å². The Hall–Kier alpha value is -3.93. The third-order valence-electron chi connectivity index (χ3n) is 5.81. The Labute approximate surface area is 244 Å². The number of nitro groups is 1. The largest absolute Gasteiger partial charge is 0.496 e. The topological polar surface area (TPSA) is 126 Å². The lowest BCUT2D eigenvalue weighted by molar-refractivity contribution is -0.384. The number of amidine groups is 1. The number of methoxy groups -OCH3 is 1. The van der Waals surface area contributed by atoms with Crippen molar-refractivity contribution in [3.8, 4) is 5.75 Å². The molecule has 1 aliphatic rings. The minimum absolute atomic E-state index is 0.0129. The number of nitrogens with zero attached hydrogens (tertiary/aromatic N) is 4. The number of benzene rings is 3. The van der Waals surface area contributed by atoms with Gasteiger partial charge in [-0.15, -0.1) is 0 Å². The molecule has 1 aliphatic heterocycles. The summed E-state index contributed by atoms with van der Waals surface area (Å²) in [5, 5.41) is 19.7. The number of carbonyl (C=O) groups excluding carboxylic acids is 2. The second-order valence-electron chi connectivity index (χ2n) is 8.69. The van der Waals surface area contributed by atoms with E-state index in [0.717, 1.165) is 27.9 Å². The summed E-state index contributed by atoms with van der Waals surface area (Å²) in [5.41, 5.74) is 2.55. The molecule has 3 aromatic rings. The molecule has 1 fully saturated rings. The molecule has 0 bridgehead atoms. The Balaban J connectivity index is 1.62. The Morgan fingerprint density at radius 2 is 1.85 bits per heavy atom. The molecule has 2 amide bonds. The molecule has 40 heavy (non-hydrogen) atoms. The van der Waals surface area contributed by atoms with Crippen molar-refractivity contribution in [1.82, 2.24) is 5.01 Å². The van der Waals surface area contributed by atoms with Crippen molar-refractivity contribution in [3.63, 3.8) is 0 Å². The molecule has 206 valence electrons. The Kier molecular flexibility index (Phi) is 9.08. The fourth-order valence-corrected chi connectivity index (χ4v) is 5.06. The van der Waals surface area contributed by atoms with Gasteiger partial charge in [0.2, 0.25) is 5.91 Å². The second-order valence-corrected chi connectivity index (χ2v) is 10.7. The van der Waals surface area contributed by atoms with Crippen molar-refractivity contribution in [1.29, 1.82) is 0 Å². The van der Waals surface area contributed by atoms with Gasteiger partial charge in [-0.2, -0.15) is 10.1 Å². The van der Waals surface area contributed by atoms with E-state index in [-0.39, 0.29) is 28.7 Å². The van der Waals surface area contributed by atoms with Crippen molar-refractivity contribution >= 4 is 74.7 Å². The van der Waals surface area contributed by atoms with Crippen LogP contribution in [0.5, 0.6) is 5.75 Å². The zero-order chi connectivity index (χ0) is 29.0. The summed E-state index contributed by atoms with van der Waals surface area (Å²) >= 11 is 13.2. The number of aliphatic imine (C=N–C) groups is 1. The van der Waals surface area contributed by atoms with Gasteiger partial charge in [-0.3, -0.25) is 19.7 Å². The van der Waals surface area contributed by atoms with E-state index in [2.05, 4.69) is 15.4 Å². The molecule has 1 N–H and O–H groups in total. The monoisotopic (exact) mass is 599 g/mol. The Morgan fingerprint density at radius 3 is 2.50 bits per heavy atom. The molecule has 0 radical (unpaired) electrons. The number of amides is 2. The number of thioether (sulfide) groups is 1. The maximum absolute atomic E-state index is 13.5. The van der Waals surface area contributed by atoms with Crippen molar-refractivity contribution < 1.29 is 19.2 Å². The fourth-order valence-electron chi connectivity index (χ4n) is 3.69. The van der Waals surface area contributed by atoms with Crippen molar-refractivity contribution in [2.24, 2.45) is 10.1 Å². The van der Waals surface area contributed by atoms with E-state index in [1.165, 1.54) is 25.3 Å². The SMILES string of the molecule is COc1ccc(NC(=O)CC2SC(=Nc3ccc(Cl)c(Cl)c3)N(/N=C(\C)c3ccc(C)cc3)C2=O)c([N+](=O)[O-])c1. The van der Waals surface area contributed by atoms with Gasteiger partial charge >= 0.3 is 0 Å². The number of nitro benzene ring substituents is 1. The van der Waals surface area contributed by atoms with Crippen LogP contribution in [0.25, 0.3) is 0 Å². The van der Waals surface area contributed by atoms with Crippen molar-refractivity contribution in [3.05, 3.63) is 92.0 Å². The van der Waals surface area contributed by atoms with Gasteiger partial charge in [0, 0.05) is 6.42 Å². The summed E-state index contributed by atoms with van der Waals surface area (Å²) in [7, 11) is 1.38. The quantitative estimate of drug-likeness (QED) is 0.176. The molecule has 10 nitrogen and oxygen atoms in total. The molecule has 3 aromatic carbocycles. The number of nitrogens with one attached hydrogen (secondary N) is 1. The molecule has 0 saturated carbocycles. The van der Waals surface area contributed by atoms with Crippen LogP contribution in [-0.4, -0.2) is 45.0 Å². The lowest BCUT2D eigenvalue weighted by atomic mass is 10.1. The van der Waals surface area contributed by atoms with Crippen LogP contribution in [0, 0.1) is 17.0 Å². The number of ether oxygens (including phenoxy) is 1. The first-order valence-corrected chi connectivity index (χ1v) is 13.5. The number of hydrogen-bond acceptors (Lipinski definition) is 8. The average Bonchev–Trinajstić information content (AvgIpc) is 3.19. The fraction of sp³-hybridized carbons (Fsp3) is 0.185. The average molecular weight is 600 g/mol. The first-order valence-electron chi connectivity index (χ1n) is 11.8. The van der Waals surface area contributed by atoms with E-state index in [4.69, 9.17) is 27.9 Å². The van der Waals surface area contributed by atoms with Crippen LogP contribution in [0.3, 0.4) is 0 Å². The van der Waals surface area contributed by atoms with Gasteiger partial charge in [0.15, 0.2) is 5.17 Å². The molecular formula is C27H23Cl2N5O5S. The molecule has 0 aliphatic carbocycles. The van der Waals surface area contributed by atoms with Crippen LogP contribution in [0.1, 0.15) is 24.5 Å². The number of hydrogen-bond donors (Lipinski definition) is 1. The molecule has 0 aromatic heterocycles. The molecule has 1 unspecified atom stereocenters. The zero-order valence-corrected chi connectivity index (χ0v) is 23.9. The van der Waals surface area contributed by atoms with Gasteiger partial charge in [-0.1, -0.05) is 64.8 Å². The summed E-state index contributed by atoms with van der Waals surface area (Å²) in [6, 6.07) is 16.5. The maximum Gasteiger partial charge on any atom is 0.296 e. The molecule has 4 rings (SSSR count). The molecule has 0 spiro atoms. The van der Waals surface area contributed by atoms with Gasteiger partial charge in [-0.05, 0) is 49.7 Å². The Bertz CT molecular complexity index is 1540. The number of rotatable bonds is 8. The summed E-state index contributed by atoms with van der Waals surface area (Å²) in [5.74, 6) is -0.782. The van der Waals surface area contributed by atoms with Gasteiger partial charge in [0.25, 0.3) is 11.6 Å². The van der Waals surface area contributed by atoms with E-state index in [0.29, 0.717) is 21.4 Å². The van der Waals surface area contributed by atoms with E-state index in [1.54, 1.807) is 25.1 Å². The van der Waals surface area contributed by atoms with Crippen LogP contribution in [-0.2, 0) is 9.59 Å². The van der Waals surface area contributed by atoms with Crippen molar-refractivity contribution in [2.75, 3.05) is 12.4 Å². The lowest BCUT2D eigenvalue weighted by Crippen LogP contribution is -2.30. The van der Waals surface area contributed by atoms with Crippen LogP contribution >= 0.6 is 35.0 Å². The van der Waals surface area contributed by atoms with Crippen LogP contribution in [0.2, 0.25) is 10.0 Å². The molecule has 13 heteroatoms. The maximum atomic E-state index is 13.5. The normalized spacial score (nSPS) is 16.4. The predicted octanol–water partition coefficient (Wildman–Crippen LogP) is 6.60. The first-order chi connectivity index (χ1) is 19.0. The minimum Gasteiger partial charge on any atom is -0.496 e. The van der Waals surface area contributed by atoms with E-state index in [1.807, 2.05) is 31.2 Å². The second kappa shape index (κ2) is 12.5. The van der Waals surface area contributed by atoms with Crippen LogP contribution < -0.4 is 10.1 Å². The molecule has 1 atom stereocenters. The summed E-state index contributed by atoms with van der Waals surface area (Å²) in [6.07, 6.45) is -0.275. The van der Waals surface area contributed by atoms with Crippen LogP contribution in [0.4, 0.5) is 17.1 Å². The smallest absolute Gasteiger partial charge is 0.296 e. The summed E-state index contributed by atoms with van der Waals surface area (Å²) < 4.78 is 5.03. The minimum atomic E-state index is -0.881. The van der Waals surface area contributed by atoms with Gasteiger partial charge in [0.1, 0.15) is 16.7 Å². The van der Waals surface area contributed by atoms with E-state index in [9.17, 15) is 19.7 Å². The highest BCUT2D eigenvalue weighted by molar-refractivity contribution is 8.15. The predicted molar refractivity (Wildman–Crippen MR) is 158 cm³/mol. The third-order valence-corrected chi connectivity index (χ3v) is 7.67. The molecule has 1 saturated heterocycles. The number of aryl methyl sites for hydroxylation is 1. The number of halogens is 2. The lowest BCUT2D eigenvalue weighted by Gasteiger charge is -2.12. The standard InChI is InChI=1S/C27H23Cl2N5O5S/c1-15-4-6-17(7-5-15)16(2)32-33-26(36)24(40-27(33)30-18-8-10-20(28)21(29)12-18)14-25(35)31-22-11-9-19(39-3)13-23(22)34(37)38/h4-13,24H,14H2,1-3H3,(H,31,35)/b30-27?,32-16+.